The number of ether oxygens (including phenoxy) is 1. The predicted octanol–water partition coefficient (Wildman–Crippen LogP) is 8.32. The summed E-state index contributed by atoms with van der Waals surface area (Å²) in [6.07, 6.45) is 3.71. The summed E-state index contributed by atoms with van der Waals surface area (Å²) < 4.78 is 7.50. The topological polar surface area (TPSA) is 80.3 Å². The van der Waals surface area contributed by atoms with Crippen LogP contribution in [0.15, 0.2) is 66.9 Å². The number of amides is 2. The fraction of sp³-hybridized carbons (Fsp3) is 0.179. The van der Waals surface area contributed by atoms with Gasteiger partial charge in [0.05, 0.1) is 21.2 Å². The van der Waals surface area contributed by atoms with Crippen LogP contribution >= 0.6 is 57.5 Å². The molecule has 6 nitrogen and oxygen atoms in total. The highest BCUT2D eigenvalue weighted by atomic mass is 35.5. The van der Waals surface area contributed by atoms with Crippen LogP contribution in [0.25, 0.3) is 20.2 Å². The standard InChI is InChI=1S/C14H8Cl2N2OS.C14H14ClNO2S/c15-8-5-6-11(17-7-8)18-14(19)13-12(16)9-3-1-2-4-10(9)20-13;15-12-10-5-1-2-6-11(10)19-13(12)14(17)16-8-9-4-3-7-18-9/h1-7H,(H,17,18,19);1-2,5-6,9H,3-4,7-8H2,(H,16,17). The number of carbonyl (C=O) groups excluding carboxylic acids is 2. The van der Waals surface area contributed by atoms with Gasteiger partial charge < -0.3 is 15.4 Å². The third kappa shape index (κ3) is 6.54. The zero-order valence-corrected chi connectivity index (χ0v) is 24.3. The Hall–Kier alpha value is -2.72. The van der Waals surface area contributed by atoms with Crippen molar-refractivity contribution >= 4 is 95.3 Å². The molecule has 6 rings (SSSR count). The first-order chi connectivity index (χ1) is 18.9. The van der Waals surface area contributed by atoms with E-state index in [2.05, 4.69) is 15.6 Å². The minimum atomic E-state index is -0.272. The van der Waals surface area contributed by atoms with Gasteiger partial charge in [-0.2, -0.15) is 0 Å². The maximum Gasteiger partial charge on any atom is 0.268 e. The van der Waals surface area contributed by atoms with Crippen LogP contribution in [0.1, 0.15) is 32.2 Å². The second-order valence-corrected chi connectivity index (χ2v) is 11.9. The molecule has 2 aromatic carbocycles. The molecule has 39 heavy (non-hydrogen) atoms. The van der Waals surface area contributed by atoms with Crippen molar-refractivity contribution in [3.63, 3.8) is 0 Å². The summed E-state index contributed by atoms with van der Waals surface area (Å²) in [6.45, 7) is 1.35. The van der Waals surface area contributed by atoms with Crippen molar-refractivity contribution < 1.29 is 14.3 Å². The molecule has 3 aromatic heterocycles. The van der Waals surface area contributed by atoms with E-state index in [9.17, 15) is 9.59 Å². The van der Waals surface area contributed by atoms with E-state index in [0.717, 1.165) is 39.6 Å². The second kappa shape index (κ2) is 12.6. The zero-order valence-electron chi connectivity index (χ0n) is 20.4. The lowest BCUT2D eigenvalue weighted by Crippen LogP contribution is -2.31. The summed E-state index contributed by atoms with van der Waals surface area (Å²) in [5, 5.41) is 8.97. The molecule has 0 saturated carbocycles. The average molecular weight is 619 g/mol. The van der Waals surface area contributed by atoms with Gasteiger partial charge in [-0.15, -0.1) is 22.7 Å². The van der Waals surface area contributed by atoms with Gasteiger partial charge >= 0.3 is 0 Å². The summed E-state index contributed by atoms with van der Waals surface area (Å²) >= 11 is 21.1. The summed E-state index contributed by atoms with van der Waals surface area (Å²) in [7, 11) is 0. The predicted molar refractivity (Wildman–Crippen MR) is 162 cm³/mol. The number of halogens is 3. The fourth-order valence-corrected chi connectivity index (χ4v) is 6.99. The Labute approximate surface area is 247 Å². The molecule has 5 aromatic rings. The molecule has 1 unspecified atom stereocenters. The van der Waals surface area contributed by atoms with Crippen LogP contribution in [0.3, 0.4) is 0 Å². The molecule has 1 fully saturated rings. The maximum absolute atomic E-state index is 12.2. The molecule has 2 amide bonds. The number of hydrogen-bond acceptors (Lipinski definition) is 6. The molecule has 1 aliphatic heterocycles. The number of carbonyl (C=O) groups is 2. The van der Waals surface area contributed by atoms with Crippen LogP contribution in [0, 0.1) is 0 Å². The van der Waals surface area contributed by atoms with Gasteiger partial charge in [0, 0.05) is 39.5 Å². The number of fused-ring (bicyclic) bond motifs is 2. The molecular weight excluding hydrogens is 597 g/mol. The third-order valence-corrected chi connectivity index (χ3v) is 9.54. The van der Waals surface area contributed by atoms with Crippen molar-refractivity contribution in [2.75, 3.05) is 18.5 Å². The van der Waals surface area contributed by atoms with E-state index in [-0.39, 0.29) is 17.9 Å². The first-order valence-electron chi connectivity index (χ1n) is 12.1. The number of nitrogens with zero attached hydrogens (tertiary/aromatic N) is 1. The molecule has 1 saturated heterocycles. The first-order valence-corrected chi connectivity index (χ1v) is 14.8. The Morgan fingerprint density at radius 2 is 1.49 bits per heavy atom. The number of nitrogens with one attached hydrogen (secondary N) is 2. The minimum Gasteiger partial charge on any atom is -0.376 e. The third-order valence-electron chi connectivity index (χ3n) is 5.97. The van der Waals surface area contributed by atoms with E-state index in [1.165, 1.54) is 28.9 Å². The molecule has 2 N–H and O–H groups in total. The van der Waals surface area contributed by atoms with Crippen LogP contribution in [0.4, 0.5) is 5.82 Å². The van der Waals surface area contributed by atoms with Crippen molar-refractivity contribution in [1.82, 2.24) is 10.3 Å². The summed E-state index contributed by atoms with van der Waals surface area (Å²) in [5.41, 5.74) is 0. The summed E-state index contributed by atoms with van der Waals surface area (Å²) in [4.78, 5) is 29.5. The summed E-state index contributed by atoms with van der Waals surface area (Å²) in [5.74, 6) is 0.0562. The van der Waals surface area contributed by atoms with E-state index in [1.807, 2.05) is 48.5 Å². The van der Waals surface area contributed by atoms with Crippen molar-refractivity contribution in [3.05, 3.63) is 91.7 Å². The number of pyridine rings is 1. The lowest BCUT2D eigenvalue weighted by molar-refractivity contribution is 0.0861. The lowest BCUT2D eigenvalue weighted by Gasteiger charge is -2.09. The molecule has 11 heteroatoms. The minimum absolute atomic E-state index is 0.110. The van der Waals surface area contributed by atoms with Crippen molar-refractivity contribution in [2.24, 2.45) is 0 Å². The molecule has 1 aliphatic rings. The molecule has 0 aliphatic carbocycles. The first kappa shape index (κ1) is 27.8. The summed E-state index contributed by atoms with van der Waals surface area (Å²) in [6, 6.07) is 18.7. The quantitative estimate of drug-likeness (QED) is 0.208. The van der Waals surface area contributed by atoms with E-state index < -0.39 is 0 Å². The Kier molecular flexibility index (Phi) is 9.02. The van der Waals surface area contributed by atoms with Crippen LogP contribution < -0.4 is 10.6 Å². The highest BCUT2D eigenvalue weighted by molar-refractivity contribution is 7.22. The normalized spacial score (nSPS) is 14.7. The fourth-order valence-electron chi connectivity index (χ4n) is 4.04. The lowest BCUT2D eigenvalue weighted by atomic mass is 10.2. The van der Waals surface area contributed by atoms with Gasteiger partial charge in [0.25, 0.3) is 11.8 Å². The Balaban J connectivity index is 0.000000158. The monoisotopic (exact) mass is 617 g/mol. The highest BCUT2D eigenvalue weighted by Gasteiger charge is 2.20. The molecule has 200 valence electrons. The van der Waals surface area contributed by atoms with E-state index in [4.69, 9.17) is 39.5 Å². The van der Waals surface area contributed by atoms with E-state index in [0.29, 0.717) is 37.2 Å². The number of benzene rings is 2. The van der Waals surface area contributed by atoms with E-state index in [1.54, 1.807) is 12.1 Å². The highest BCUT2D eigenvalue weighted by Crippen LogP contribution is 2.36. The van der Waals surface area contributed by atoms with Gasteiger partial charge in [0.15, 0.2) is 0 Å². The van der Waals surface area contributed by atoms with Gasteiger partial charge in [-0.3, -0.25) is 9.59 Å². The second-order valence-electron chi connectivity index (χ2n) is 8.64. The molecule has 1 atom stereocenters. The van der Waals surface area contributed by atoms with Gasteiger partial charge in [0.2, 0.25) is 0 Å². The molecule has 4 heterocycles. The van der Waals surface area contributed by atoms with Gasteiger partial charge in [0.1, 0.15) is 15.6 Å². The SMILES string of the molecule is O=C(NCC1CCCO1)c1sc2ccccc2c1Cl.O=C(Nc1ccc(Cl)cn1)c1sc2ccccc2c1Cl. The molecular formula is C28H22Cl3N3O3S2. The number of rotatable bonds is 5. The number of anilines is 1. The van der Waals surface area contributed by atoms with Crippen molar-refractivity contribution in [2.45, 2.75) is 18.9 Å². The van der Waals surface area contributed by atoms with Gasteiger partial charge in [-0.1, -0.05) is 71.2 Å². The number of aromatic nitrogens is 1. The Bertz CT molecular complexity index is 1630. The Morgan fingerprint density at radius 1 is 0.872 bits per heavy atom. The molecule has 0 spiro atoms. The van der Waals surface area contributed by atoms with Crippen molar-refractivity contribution in [3.8, 4) is 0 Å². The average Bonchev–Trinajstić information content (AvgIpc) is 3.68. The van der Waals surface area contributed by atoms with Crippen LogP contribution in [-0.2, 0) is 4.74 Å². The van der Waals surface area contributed by atoms with Crippen LogP contribution in [-0.4, -0.2) is 36.1 Å². The molecule has 0 radical (unpaired) electrons. The van der Waals surface area contributed by atoms with Crippen LogP contribution in [0.5, 0.6) is 0 Å². The van der Waals surface area contributed by atoms with Crippen molar-refractivity contribution in [1.29, 1.82) is 0 Å². The zero-order chi connectivity index (χ0) is 27.4. The van der Waals surface area contributed by atoms with E-state index >= 15 is 0 Å². The largest absolute Gasteiger partial charge is 0.376 e. The Morgan fingerprint density at radius 3 is 2.03 bits per heavy atom. The smallest absolute Gasteiger partial charge is 0.268 e. The van der Waals surface area contributed by atoms with Gasteiger partial charge in [-0.05, 0) is 37.1 Å². The van der Waals surface area contributed by atoms with Crippen LogP contribution in [0.2, 0.25) is 15.1 Å². The number of thiophene rings is 2. The van der Waals surface area contributed by atoms with Gasteiger partial charge in [-0.25, -0.2) is 4.98 Å². The maximum atomic E-state index is 12.2. The molecule has 0 bridgehead atoms. The number of hydrogen-bond donors (Lipinski definition) is 2.